The first-order valence-electron chi connectivity index (χ1n) is 13.5. The average Bonchev–Trinajstić information content (AvgIpc) is 3.25. The standard InChI is InChI=1S/C17H16N4O2S.C13H21N3/c1-17(2)10-21(16-13(17)9-18-11-20-16)24(22,23)14-7-3-5-12-6-4-8-19-15(12)14;1-15(2)12-7-9-16(10-8-12)13-5-3-11(14)4-6-13/h3-9,11H,10H2,1-2H3;3-6,12H,7-10,14H2,1-2H3. The first kappa shape index (κ1) is 27.8. The smallest absolute Gasteiger partial charge is 0.267 e. The lowest BCUT2D eigenvalue weighted by Gasteiger charge is -2.36. The molecule has 0 amide bonds. The number of fused-ring (bicyclic) bond motifs is 2. The van der Waals surface area contributed by atoms with Crippen LogP contribution in [0.2, 0.25) is 0 Å². The molecule has 2 N–H and O–H groups in total. The zero-order chi connectivity index (χ0) is 28.5. The number of anilines is 3. The van der Waals surface area contributed by atoms with Crippen LogP contribution < -0.4 is 14.9 Å². The molecule has 2 aromatic carbocycles. The molecule has 6 rings (SSSR count). The van der Waals surface area contributed by atoms with Crippen LogP contribution in [0.5, 0.6) is 0 Å². The fourth-order valence-electron chi connectivity index (χ4n) is 5.45. The van der Waals surface area contributed by atoms with Crippen LogP contribution in [0.15, 0.2) is 78.2 Å². The summed E-state index contributed by atoms with van der Waals surface area (Å²) in [6.07, 6.45) is 7.17. The minimum Gasteiger partial charge on any atom is -0.399 e. The van der Waals surface area contributed by atoms with E-state index in [1.807, 2.05) is 38.1 Å². The number of benzene rings is 2. The van der Waals surface area contributed by atoms with Crippen molar-refractivity contribution in [1.82, 2.24) is 19.9 Å². The van der Waals surface area contributed by atoms with Crippen LogP contribution in [0.1, 0.15) is 32.3 Å². The number of hydrogen-bond acceptors (Lipinski definition) is 8. The third-order valence-corrected chi connectivity index (χ3v) is 9.58. The van der Waals surface area contributed by atoms with E-state index in [2.05, 4.69) is 51.0 Å². The third-order valence-electron chi connectivity index (χ3n) is 7.81. The summed E-state index contributed by atoms with van der Waals surface area (Å²) in [6.45, 7) is 6.60. The predicted octanol–water partition coefficient (Wildman–Crippen LogP) is 4.31. The second-order valence-electron chi connectivity index (χ2n) is 11.3. The Hall–Kier alpha value is -3.76. The Morgan fingerprint density at radius 3 is 2.38 bits per heavy atom. The Morgan fingerprint density at radius 1 is 0.975 bits per heavy atom. The maximum Gasteiger partial charge on any atom is 0.267 e. The second kappa shape index (κ2) is 11.0. The summed E-state index contributed by atoms with van der Waals surface area (Å²) in [5.41, 5.74) is 8.79. The highest BCUT2D eigenvalue weighted by atomic mass is 32.2. The monoisotopic (exact) mass is 559 g/mol. The molecular formula is C30H37N7O2S. The Balaban J connectivity index is 0.000000176. The maximum atomic E-state index is 13.3. The Kier molecular flexibility index (Phi) is 7.65. The number of nitrogen functional groups attached to an aromatic ring is 1. The van der Waals surface area contributed by atoms with Crippen LogP contribution in [-0.4, -0.2) is 68.0 Å². The van der Waals surface area contributed by atoms with Crippen LogP contribution in [0.4, 0.5) is 17.2 Å². The predicted molar refractivity (Wildman–Crippen MR) is 161 cm³/mol. The van der Waals surface area contributed by atoms with Gasteiger partial charge in [0.15, 0.2) is 0 Å². The molecule has 0 unspecified atom stereocenters. The molecule has 2 aliphatic heterocycles. The van der Waals surface area contributed by atoms with Gasteiger partial charge >= 0.3 is 0 Å². The first-order valence-corrected chi connectivity index (χ1v) is 15.0. The minimum absolute atomic E-state index is 0.197. The van der Waals surface area contributed by atoms with Crippen molar-refractivity contribution in [2.24, 2.45) is 0 Å². The number of nitrogens with two attached hydrogens (primary N) is 1. The van der Waals surface area contributed by atoms with Crippen LogP contribution in [-0.2, 0) is 15.4 Å². The van der Waals surface area contributed by atoms with Crippen molar-refractivity contribution in [3.8, 4) is 0 Å². The van der Waals surface area contributed by atoms with Crippen molar-refractivity contribution in [2.75, 3.05) is 48.7 Å². The quantitative estimate of drug-likeness (QED) is 0.369. The topological polar surface area (TPSA) is 109 Å². The van der Waals surface area contributed by atoms with E-state index in [0.717, 1.165) is 35.8 Å². The van der Waals surface area contributed by atoms with E-state index in [1.54, 1.807) is 30.6 Å². The number of pyridine rings is 1. The van der Waals surface area contributed by atoms with Gasteiger partial charge in [-0.25, -0.2) is 22.7 Å². The molecule has 0 atom stereocenters. The van der Waals surface area contributed by atoms with Gasteiger partial charge in [-0.05, 0) is 63.3 Å². The number of rotatable bonds is 4. The lowest BCUT2D eigenvalue weighted by Crippen LogP contribution is -2.41. The van der Waals surface area contributed by atoms with Crippen LogP contribution in [0.25, 0.3) is 10.9 Å². The van der Waals surface area contributed by atoms with Gasteiger partial charge in [-0.3, -0.25) is 4.98 Å². The van der Waals surface area contributed by atoms with Gasteiger partial charge in [-0.2, -0.15) is 0 Å². The zero-order valence-corrected chi connectivity index (χ0v) is 24.3. The van der Waals surface area contributed by atoms with Gasteiger partial charge < -0.3 is 15.5 Å². The summed E-state index contributed by atoms with van der Waals surface area (Å²) < 4.78 is 28.0. The number of hydrogen-bond donors (Lipinski definition) is 1. The van der Waals surface area contributed by atoms with Gasteiger partial charge in [-0.1, -0.05) is 32.0 Å². The highest BCUT2D eigenvalue weighted by Crippen LogP contribution is 2.41. The first-order chi connectivity index (χ1) is 19.1. The largest absolute Gasteiger partial charge is 0.399 e. The molecule has 1 saturated heterocycles. The minimum atomic E-state index is -3.77. The van der Waals surface area contributed by atoms with Crippen LogP contribution in [0.3, 0.4) is 0 Å². The van der Waals surface area contributed by atoms with E-state index in [0.29, 0.717) is 17.9 Å². The van der Waals surface area contributed by atoms with Gasteiger partial charge in [0.1, 0.15) is 17.0 Å². The number of nitrogens with zero attached hydrogens (tertiary/aromatic N) is 6. The third kappa shape index (κ3) is 5.46. The van der Waals surface area contributed by atoms with Gasteiger partial charge in [-0.15, -0.1) is 0 Å². The summed E-state index contributed by atoms with van der Waals surface area (Å²) in [6, 6.07) is 17.8. The molecule has 0 saturated carbocycles. The lowest BCUT2D eigenvalue weighted by atomic mass is 9.89. The zero-order valence-electron chi connectivity index (χ0n) is 23.5. The average molecular weight is 560 g/mol. The number of sulfonamides is 1. The summed E-state index contributed by atoms with van der Waals surface area (Å²) in [4.78, 5) is 17.5. The lowest BCUT2D eigenvalue weighted by molar-refractivity contribution is 0.249. The summed E-state index contributed by atoms with van der Waals surface area (Å²) >= 11 is 0. The van der Waals surface area contributed by atoms with E-state index < -0.39 is 10.0 Å². The molecule has 2 aliphatic rings. The Morgan fingerprint density at radius 2 is 1.68 bits per heavy atom. The molecule has 2 aromatic heterocycles. The Bertz CT molecular complexity index is 1580. The van der Waals surface area contributed by atoms with E-state index in [9.17, 15) is 8.42 Å². The van der Waals surface area contributed by atoms with Crippen molar-refractivity contribution in [3.63, 3.8) is 0 Å². The molecule has 210 valence electrons. The van der Waals surface area contributed by atoms with E-state index in [4.69, 9.17) is 5.73 Å². The Labute approximate surface area is 236 Å². The molecule has 4 aromatic rings. The highest BCUT2D eigenvalue weighted by molar-refractivity contribution is 7.93. The van der Waals surface area contributed by atoms with Gasteiger partial charge in [0, 0.05) is 65.8 Å². The molecule has 4 heterocycles. The fourth-order valence-corrected chi connectivity index (χ4v) is 7.21. The van der Waals surface area contributed by atoms with E-state index in [-0.39, 0.29) is 10.3 Å². The maximum absolute atomic E-state index is 13.3. The van der Waals surface area contributed by atoms with Crippen molar-refractivity contribution in [2.45, 2.75) is 43.0 Å². The molecule has 0 aliphatic carbocycles. The molecule has 0 bridgehead atoms. The van der Waals surface area contributed by atoms with Crippen LogP contribution in [0, 0.1) is 0 Å². The molecule has 0 spiro atoms. The highest BCUT2D eigenvalue weighted by Gasteiger charge is 2.43. The summed E-state index contributed by atoms with van der Waals surface area (Å²) in [7, 11) is 0.571. The summed E-state index contributed by atoms with van der Waals surface area (Å²) in [5.74, 6) is 0.447. The molecular weight excluding hydrogens is 522 g/mol. The fraction of sp³-hybridized carbons (Fsp3) is 0.367. The SMILES string of the molecule is CC1(C)CN(S(=O)(=O)c2cccc3cccnc23)c2ncncc21.CN(C)C1CCN(c2ccc(N)cc2)CC1. The van der Waals surface area contributed by atoms with Gasteiger partial charge in [0.25, 0.3) is 10.0 Å². The van der Waals surface area contributed by atoms with Gasteiger partial charge in [0.2, 0.25) is 0 Å². The van der Waals surface area contributed by atoms with E-state index in [1.165, 1.54) is 29.2 Å². The van der Waals surface area contributed by atoms with Crippen LogP contribution >= 0.6 is 0 Å². The van der Waals surface area contributed by atoms with Crippen molar-refractivity contribution >= 4 is 38.1 Å². The molecule has 1 fully saturated rings. The normalized spacial score (nSPS) is 17.0. The van der Waals surface area contributed by atoms with Crippen molar-refractivity contribution in [3.05, 3.63) is 78.9 Å². The number of para-hydroxylation sites is 1. The number of aromatic nitrogens is 3. The molecule has 0 radical (unpaired) electrons. The van der Waals surface area contributed by atoms with Crippen molar-refractivity contribution < 1.29 is 8.42 Å². The van der Waals surface area contributed by atoms with E-state index >= 15 is 0 Å². The number of piperidine rings is 1. The second-order valence-corrected chi connectivity index (χ2v) is 13.1. The molecule has 9 nitrogen and oxygen atoms in total. The molecule has 10 heteroatoms. The summed E-state index contributed by atoms with van der Waals surface area (Å²) in [5, 5.41) is 0.792. The van der Waals surface area contributed by atoms with Crippen molar-refractivity contribution in [1.29, 1.82) is 0 Å². The van der Waals surface area contributed by atoms with Gasteiger partial charge in [0.05, 0.1) is 5.52 Å². The molecule has 40 heavy (non-hydrogen) atoms.